The Morgan fingerprint density at radius 2 is 1.17 bits per heavy atom. The van der Waals surface area contributed by atoms with Crippen LogP contribution in [0.25, 0.3) is 10.4 Å². The third-order valence-electron chi connectivity index (χ3n) is 8.77. The second-order valence-electron chi connectivity index (χ2n) is 14.1. The molecule has 36 heavy (non-hydrogen) atoms. The second kappa shape index (κ2) is 9.67. The Labute approximate surface area is 223 Å². The van der Waals surface area contributed by atoms with Gasteiger partial charge in [0.15, 0.2) is 0 Å². The van der Waals surface area contributed by atoms with E-state index < -0.39 is 24.8 Å². The lowest BCUT2D eigenvalue weighted by atomic mass is 9.50. The summed E-state index contributed by atoms with van der Waals surface area (Å²) in [6.07, 6.45) is 8.61. The predicted octanol–water partition coefficient (Wildman–Crippen LogP) is 8.92. The van der Waals surface area contributed by atoms with Crippen LogP contribution in [0, 0.1) is 23.2 Å². The molecule has 0 spiro atoms. The quantitative estimate of drug-likeness (QED) is 0.256. The summed E-state index contributed by atoms with van der Waals surface area (Å²) in [5, 5.41) is 4.85. The van der Waals surface area contributed by atoms with Gasteiger partial charge >= 0.3 is 0 Å². The maximum absolute atomic E-state index is 7.37. The third kappa shape index (κ3) is 5.23. The van der Waals surface area contributed by atoms with Crippen LogP contribution in [0.15, 0.2) is 60.7 Å². The topological polar surface area (TPSA) is 9.23 Å². The molecule has 0 saturated heterocycles. The van der Waals surface area contributed by atoms with Crippen LogP contribution in [-0.2, 0) is 4.43 Å². The summed E-state index contributed by atoms with van der Waals surface area (Å²) in [7, 11) is -4.54. The Morgan fingerprint density at radius 3 is 1.58 bits per heavy atom. The molecule has 0 radical (unpaired) electrons. The van der Waals surface area contributed by atoms with Gasteiger partial charge in [0.05, 0.1) is 21.8 Å². The molecule has 0 amide bonds. The summed E-state index contributed by atoms with van der Waals surface area (Å²) in [6, 6.07) is 22.7. The normalized spacial score (nSPS) is 29.0. The molecule has 0 unspecified atom stereocenters. The van der Waals surface area contributed by atoms with Crippen LogP contribution in [0.4, 0.5) is 0 Å². The molecule has 2 aromatic carbocycles. The molecule has 0 aromatic heterocycles. The molecule has 0 atom stereocenters. The third-order valence-corrected chi connectivity index (χ3v) is 14.7. The Kier molecular flexibility index (Phi) is 7.01. The minimum Gasteiger partial charge on any atom is -0.551 e. The summed E-state index contributed by atoms with van der Waals surface area (Å²) in [6.45, 7) is 17.4. The highest BCUT2D eigenvalue weighted by atomic mass is 28.4. The Bertz CT molecular complexity index is 1110. The Balaban J connectivity index is 1.81. The molecule has 4 aliphatic rings. The summed E-state index contributed by atoms with van der Waals surface area (Å²) in [4.78, 5) is 0. The van der Waals surface area contributed by atoms with Crippen LogP contribution >= 0.6 is 0 Å². The van der Waals surface area contributed by atoms with Gasteiger partial charge in [0, 0.05) is 5.41 Å². The summed E-state index contributed by atoms with van der Waals surface area (Å²) in [5.41, 5.74) is 3.17. The molecule has 4 fully saturated rings. The fourth-order valence-electron chi connectivity index (χ4n) is 8.10. The highest BCUT2D eigenvalue weighted by Gasteiger charge is 2.54. The lowest BCUT2D eigenvalue weighted by molar-refractivity contribution is -0.0183. The SMILES string of the molecule is C[Si](/C(=C(\c1ccccc1)[Si](C)(C)C)c1ccccc1)=C(\O[Si](C)(C)C)C12CC3CC(CC(C3)C1)C2. The zero-order chi connectivity index (χ0) is 25.7. The summed E-state index contributed by atoms with van der Waals surface area (Å²) < 4.78 is 7.37. The van der Waals surface area contributed by atoms with Gasteiger partial charge in [0.2, 0.25) is 8.32 Å². The number of benzene rings is 2. The van der Waals surface area contributed by atoms with E-state index in [2.05, 4.69) is 106 Å². The summed E-state index contributed by atoms with van der Waals surface area (Å²) >= 11 is 0. The van der Waals surface area contributed by atoms with Crippen molar-refractivity contribution in [2.75, 3.05) is 0 Å². The molecule has 0 N–H and O–H groups in total. The molecule has 1 nitrogen and oxygen atoms in total. The number of hydrogen-bond donors (Lipinski definition) is 0. The first-order valence-corrected chi connectivity index (χ1v) is 23.1. The second-order valence-corrected chi connectivity index (χ2v) is 25.7. The smallest absolute Gasteiger partial charge is 0.241 e. The van der Waals surface area contributed by atoms with Crippen molar-refractivity contribution in [1.82, 2.24) is 0 Å². The van der Waals surface area contributed by atoms with Gasteiger partial charge in [-0.15, -0.1) is 0 Å². The van der Waals surface area contributed by atoms with Crippen LogP contribution in [0.1, 0.15) is 49.7 Å². The fraction of sp³-hybridized carbons (Fsp3) is 0.531. The van der Waals surface area contributed by atoms with Gasteiger partial charge in [-0.1, -0.05) is 80.3 Å². The standard InChI is InChI=1S/C32H46OSi3/c1-34(31(33-36(5,6)7)32-21-24-18-25(22-32)20-26(19-24)23-32)29(27-14-10-8-11-15-27)30(35(2,3)4)28-16-12-9-13-17-28/h8-17,24-26H,18-23H2,1-7H3/b30-29+,34-31+. The lowest BCUT2D eigenvalue weighted by Gasteiger charge is -2.58. The monoisotopic (exact) mass is 530 g/mol. The van der Waals surface area contributed by atoms with Crippen molar-refractivity contribution >= 4 is 40.5 Å². The molecule has 0 heterocycles. The van der Waals surface area contributed by atoms with Crippen molar-refractivity contribution in [2.24, 2.45) is 23.2 Å². The van der Waals surface area contributed by atoms with Gasteiger partial charge in [-0.05, 0) is 104 Å². The molecule has 2 aromatic rings. The van der Waals surface area contributed by atoms with E-state index in [9.17, 15) is 0 Å². The maximum atomic E-state index is 7.37. The van der Waals surface area contributed by atoms with Gasteiger partial charge in [0.25, 0.3) is 0 Å². The van der Waals surface area contributed by atoms with E-state index in [0.717, 1.165) is 17.8 Å². The van der Waals surface area contributed by atoms with Gasteiger partial charge in [-0.2, -0.15) is 0 Å². The Hall–Kier alpha value is -1.50. The molecule has 192 valence electrons. The van der Waals surface area contributed by atoms with Crippen LogP contribution < -0.4 is 0 Å². The van der Waals surface area contributed by atoms with E-state index in [4.69, 9.17) is 4.43 Å². The predicted molar refractivity (Wildman–Crippen MR) is 165 cm³/mol. The van der Waals surface area contributed by atoms with Crippen molar-refractivity contribution < 1.29 is 4.43 Å². The van der Waals surface area contributed by atoms with E-state index in [1.165, 1.54) is 49.7 Å². The highest BCUT2D eigenvalue weighted by molar-refractivity contribution is 7.01. The molecule has 4 bridgehead atoms. The van der Waals surface area contributed by atoms with Crippen molar-refractivity contribution in [3.8, 4) is 0 Å². The van der Waals surface area contributed by atoms with Crippen molar-refractivity contribution in [1.29, 1.82) is 0 Å². The average molecular weight is 531 g/mol. The van der Waals surface area contributed by atoms with Crippen LogP contribution in [0.2, 0.25) is 45.8 Å². The number of rotatable bonds is 7. The van der Waals surface area contributed by atoms with E-state index in [0.29, 0.717) is 5.41 Å². The van der Waals surface area contributed by atoms with Crippen LogP contribution in [0.3, 0.4) is 0 Å². The van der Waals surface area contributed by atoms with Gasteiger partial charge in [0.1, 0.15) is 0 Å². The molecule has 0 aliphatic heterocycles. The van der Waals surface area contributed by atoms with E-state index in [1.807, 2.05) is 0 Å². The highest BCUT2D eigenvalue weighted by Crippen LogP contribution is 2.61. The lowest BCUT2D eigenvalue weighted by Crippen LogP contribution is -2.54. The minimum absolute atomic E-state index is 0.319. The van der Waals surface area contributed by atoms with E-state index >= 15 is 0 Å². The molecule has 4 aliphatic carbocycles. The first-order valence-electron chi connectivity index (χ1n) is 14.2. The molecule has 4 saturated carbocycles. The number of hydrogen-bond acceptors (Lipinski definition) is 1. The molecular weight excluding hydrogens is 485 g/mol. The zero-order valence-corrected chi connectivity index (χ0v) is 26.7. The van der Waals surface area contributed by atoms with Crippen LogP contribution in [-0.4, -0.2) is 30.2 Å². The minimum atomic E-state index is -1.77. The zero-order valence-electron chi connectivity index (χ0n) is 23.7. The Morgan fingerprint density at radius 1 is 0.722 bits per heavy atom. The van der Waals surface area contributed by atoms with Gasteiger partial charge in [-0.25, -0.2) is 0 Å². The van der Waals surface area contributed by atoms with Crippen molar-refractivity contribution in [3.05, 3.63) is 71.8 Å². The average Bonchev–Trinajstić information content (AvgIpc) is 2.79. The van der Waals surface area contributed by atoms with Crippen molar-refractivity contribution in [2.45, 2.75) is 84.4 Å². The fourth-order valence-corrected chi connectivity index (χ4v) is 16.5. The van der Waals surface area contributed by atoms with E-state index in [-0.39, 0.29) is 0 Å². The first kappa shape index (κ1) is 26.1. The summed E-state index contributed by atoms with van der Waals surface area (Å²) in [5.74, 6) is 2.79. The van der Waals surface area contributed by atoms with E-state index in [1.54, 1.807) is 15.7 Å². The van der Waals surface area contributed by atoms with Crippen molar-refractivity contribution in [3.63, 3.8) is 0 Å². The van der Waals surface area contributed by atoms with Gasteiger partial charge in [-0.3, -0.25) is 0 Å². The molecular formula is C32H46OSi3. The largest absolute Gasteiger partial charge is 0.551 e. The van der Waals surface area contributed by atoms with Crippen LogP contribution in [0.5, 0.6) is 0 Å². The maximum Gasteiger partial charge on any atom is 0.241 e. The molecule has 6 rings (SSSR count). The van der Waals surface area contributed by atoms with Gasteiger partial charge < -0.3 is 4.43 Å². The molecule has 4 heteroatoms. The first-order chi connectivity index (χ1) is 17.0.